The molecule has 0 radical (unpaired) electrons. The fourth-order valence-corrected chi connectivity index (χ4v) is 4.60. The second-order valence-corrected chi connectivity index (χ2v) is 8.55. The molecule has 0 bridgehead atoms. The molecule has 0 unspecified atom stereocenters. The van der Waals surface area contributed by atoms with Gasteiger partial charge in [0.1, 0.15) is 5.82 Å². The number of imide groups is 1. The van der Waals surface area contributed by atoms with Crippen LogP contribution in [-0.4, -0.2) is 16.7 Å². The third-order valence-electron chi connectivity index (χ3n) is 5.43. The minimum atomic E-state index is -0.429. The maximum atomic E-state index is 14.2. The number of carbonyl (C=O) groups is 2. The van der Waals surface area contributed by atoms with Gasteiger partial charge in [-0.3, -0.25) is 14.5 Å². The van der Waals surface area contributed by atoms with Gasteiger partial charge in [0.2, 0.25) is 0 Å². The monoisotopic (exact) mass is 431 g/mol. The van der Waals surface area contributed by atoms with Crippen LogP contribution in [0.15, 0.2) is 77.7 Å². The lowest BCUT2D eigenvalue weighted by molar-refractivity contribution is -0.137. The number of amides is 2. The number of carbonyl (C=O) groups excluding carboxylic acids is 2. The van der Waals surface area contributed by atoms with Gasteiger partial charge >= 0.3 is 0 Å². The van der Waals surface area contributed by atoms with Crippen LogP contribution in [0.1, 0.15) is 27.8 Å². The van der Waals surface area contributed by atoms with E-state index in [9.17, 15) is 14.0 Å². The van der Waals surface area contributed by atoms with Crippen LogP contribution in [0, 0.1) is 19.7 Å². The number of nitrogens with zero attached hydrogens (tertiary/aromatic N) is 1. The molecule has 0 saturated carbocycles. The number of hydrogen-bond donors (Lipinski definition) is 0. The van der Waals surface area contributed by atoms with Gasteiger partial charge in [-0.2, -0.15) is 0 Å². The quantitative estimate of drug-likeness (QED) is 0.473. The van der Waals surface area contributed by atoms with Crippen molar-refractivity contribution in [2.75, 3.05) is 0 Å². The topological polar surface area (TPSA) is 37.4 Å². The third-order valence-corrected chi connectivity index (χ3v) is 6.58. The lowest BCUT2D eigenvalue weighted by atomic mass is 10.0. The van der Waals surface area contributed by atoms with E-state index in [1.165, 1.54) is 17.8 Å². The molecule has 3 aromatic rings. The Morgan fingerprint density at radius 3 is 2.26 bits per heavy atom. The molecule has 156 valence electrons. The molecule has 0 aromatic heterocycles. The van der Waals surface area contributed by atoms with Gasteiger partial charge in [-0.05, 0) is 42.2 Å². The fourth-order valence-electron chi connectivity index (χ4n) is 3.51. The SMILES string of the molecule is Cc1ccc(C2=C(SCc3ccccc3)C(=O)N(Cc3ccccc3F)C2=O)cc1C. The summed E-state index contributed by atoms with van der Waals surface area (Å²) >= 11 is 1.35. The molecule has 0 fully saturated rings. The van der Waals surface area contributed by atoms with Gasteiger partial charge in [0, 0.05) is 11.3 Å². The standard InChI is InChI=1S/C26H22FNO2S/c1-17-12-13-20(14-18(17)2)23-24(31-16-19-8-4-3-5-9-19)26(30)28(25(23)29)15-21-10-6-7-11-22(21)27/h3-14H,15-16H2,1-2H3. The smallest absolute Gasteiger partial charge is 0.268 e. The van der Waals surface area contributed by atoms with Crippen LogP contribution >= 0.6 is 11.8 Å². The minimum Gasteiger partial charge on any atom is -0.269 e. The van der Waals surface area contributed by atoms with E-state index < -0.39 is 5.82 Å². The van der Waals surface area contributed by atoms with Gasteiger partial charge in [-0.25, -0.2) is 4.39 Å². The average Bonchev–Trinajstić information content (AvgIpc) is 3.00. The molecule has 3 aromatic carbocycles. The molecule has 0 saturated heterocycles. The number of hydrogen-bond acceptors (Lipinski definition) is 3. The molecule has 0 spiro atoms. The van der Waals surface area contributed by atoms with Crippen molar-refractivity contribution in [3.63, 3.8) is 0 Å². The predicted octanol–water partition coefficient (Wildman–Crippen LogP) is 5.66. The second kappa shape index (κ2) is 8.90. The Labute approximate surface area is 185 Å². The molecular formula is C26H22FNO2S. The predicted molar refractivity (Wildman–Crippen MR) is 123 cm³/mol. The summed E-state index contributed by atoms with van der Waals surface area (Å²) < 4.78 is 14.2. The molecule has 2 amide bonds. The summed E-state index contributed by atoms with van der Waals surface area (Å²) in [5, 5.41) is 0. The number of benzene rings is 3. The molecule has 0 N–H and O–H groups in total. The van der Waals surface area contributed by atoms with E-state index in [4.69, 9.17) is 0 Å². The maximum Gasteiger partial charge on any atom is 0.268 e. The van der Waals surface area contributed by atoms with Crippen molar-refractivity contribution in [3.8, 4) is 0 Å². The zero-order chi connectivity index (χ0) is 22.0. The van der Waals surface area contributed by atoms with E-state index in [-0.39, 0.29) is 18.4 Å². The highest BCUT2D eigenvalue weighted by atomic mass is 32.2. The highest BCUT2D eigenvalue weighted by Crippen LogP contribution is 2.38. The van der Waals surface area contributed by atoms with Gasteiger partial charge < -0.3 is 0 Å². The normalized spacial score (nSPS) is 14.0. The number of aryl methyl sites for hydroxylation is 2. The van der Waals surface area contributed by atoms with E-state index in [1.807, 2.05) is 62.4 Å². The largest absolute Gasteiger partial charge is 0.269 e. The van der Waals surface area contributed by atoms with E-state index in [2.05, 4.69) is 0 Å². The summed E-state index contributed by atoms with van der Waals surface area (Å²) in [6.07, 6.45) is 0. The van der Waals surface area contributed by atoms with Crippen molar-refractivity contribution >= 4 is 29.1 Å². The number of thioether (sulfide) groups is 1. The molecule has 0 aliphatic carbocycles. The molecule has 5 heteroatoms. The summed E-state index contributed by atoms with van der Waals surface area (Å²) in [4.78, 5) is 28.2. The Balaban J connectivity index is 1.71. The Morgan fingerprint density at radius 1 is 0.839 bits per heavy atom. The van der Waals surface area contributed by atoms with E-state index in [0.717, 1.165) is 21.6 Å². The average molecular weight is 432 g/mol. The van der Waals surface area contributed by atoms with Crippen LogP contribution in [0.5, 0.6) is 0 Å². The number of halogens is 1. The molecule has 1 aliphatic heterocycles. The Bertz CT molecular complexity index is 1190. The van der Waals surface area contributed by atoms with Crippen molar-refractivity contribution in [1.82, 2.24) is 4.90 Å². The molecule has 0 atom stereocenters. The Morgan fingerprint density at radius 2 is 1.55 bits per heavy atom. The third kappa shape index (κ3) is 4.32. The lowest BCUT2D eigenvalue weighted by Gasteiger charge is -2.16. The van der Waals surface area contributed by atoms with E-state index in [1.54, 1.807) is 18.2 Å². The van der Waals surface area contributed by atoms with Crippen LogP contribution in [0.25, 0.3) is 5.57 Å². The van der Waals surface area contributed by atoms with E-state index in [0.29, 0.717) is 27.4 Å². The highest BCUT2D eigenvalue weighted by Gasteiger charge is 2.39. The summed E-state index contributed by atoms with van der Waals surface area (Å²) in [5.74, 6) is -0.618. The fraction of sp³-hybridized carbons (Fsp3) is 0.154. The first-order valence-corrected chi connectivity index (χ1v) is 11.0. The lowest BCUT2D eigenvalue weighted by Crippen LogP contribution is -2.31. The molecule has 1 aliphatic rings. The van der Waals surface area contributed by atoms with Gasteiger partial charge in [-0.1, -0.05) is 66.7 Å². The van der Waals surface area contributed by atoms with E-state index >= 15 is 0 Å². The first-order valence-electron chi connectivity index (χ1n) is 10.0. The van der Waals surface area contributed by atoms with Crippen LogP contribution in [0.3, 0.4) is 0 Å². The Kier molecular flexibility index (Phi) is 6.05. The molecule has 4 rings (SSSR count). The first kappa shape index (κ1) is 21.1. The van der Waals surface area contributed by atoms with Crippen molar-refractivity contribution in [2.45, 2.75) is 26.1 Å². The molecule has 31 heavy (non-hydrogen) atoms. The van der Waals surface area contributed by atoms with Crippen molar-refractivity contribution in [1.29, 1.82) is 0 Å². The zero-order valence-electron chi connectivity index (χ0n) is 17.4. The molecule has 1 heterocycles. The van der Waals surface area contributed by atoms with Gasteiger partial charge in [0.15, 0.2) is 0 Å². The summed E-state index contributed by atoms with van der Waals surface area (Å²) in [5.41, 5.74) is 4.65. The summed E-state index contributed by atoms with van der Waals surface area (Å²) in [6.45, 7) is 3.90. The maximum absolute atomic E-state index is 14.2. The summed E-state index contributed by atoms with van der Waals surface area (Å²) in [6, 6.07) is 21.8. The van der Waals surface area contributed by atoms with Crippen LogP contribution in [0.4, 0.5) is 4.39 Å². The highest BCUT2D eigenvalue weighted by molar-refractivity contribution is 8.03. The number of rotatable bonds is 6. The minimum absolute atomic E-state index is 0.0892. The van der Waals surface area contributed by atoms with Crippen LogP contribution < -0.4 is 0 Å². The van der Waals surface area contributed by atoms with Gasteiger partial charge in [-0.15, -0.1) is 11.8 Å². The zero-order valence-corrected chi connectivity index (χ0v) is 18.2. The van der Waals surface area contributed by atoms with Gasteiger partial charge in [0.25, 0.3) is 11.8 Å². The summed E-state index contributed by atoms with van der Waals surface area (Å²) in [7, 11) is 0. The second-order valence-electron chi connectivity index (χ2n) is 7.57. The van der Waals surface area contributed by atoms with Crippen molar-refractivity contribution in [3.05, 3.63) is 111 Å². The van der Waals surface area contributed by atoms with Gasteiger partial charge in [0.05, 0.1) is 17.0 Å². The van der Waals surface area contributed by atoms with Crippen molar-refractivity contribution < 1.29 is 14.0 Å². The van der Waals surface area contributed by atoms with Crippen LogP contribution in [0.2, 0.25) is 0 Å². The van der Waals surface area contributed by atoms with Crippen LogP contribution in [-0.2, 0) is 21.9 Å². The first-order chi connectivity index (χ1) is 15.0. The molecule has 3 nitrogen and oxygen atoms in total. The van der Waals surface area contributed by atoms with Crippen molar-refractivity contribution in [2.24, 2.45) is 0 Å². The molecular weight excluding hydrogens is 409 g/mol. The Hall–Kier alpha value is -3.18.